The van der Waals surface area contributed by atoms with E-state index in [0.29, 0.717) is 11.8 Å². The minimum absolute atomic E-state index is 0.284. The van der Waals surface area contributed by atoms with Crippen molar-refractivity contribution in [2.24, 2.45) is 11.7 Å². The number of amides is 1. The third-order valence-electron chi connectivity index (χ3n) is 5.66. The van der Waals surface area contributed by atoms with Crippen molar-refractivity contribution < 1.29 is 9.53 Å². The van der Waals surface area contributed by atoms with Crippen LogP contribution in [-0.4, -0.2) is 27.7 Å². The van der Waals surface area contributed by atoms with Gasteiger partial charge in [0, 0.05) is 17.8 Å². The van der Waals surface area contributed by atoms with E-state index in [1.54, 1.807) is 0 Å². The van der Waals surface area contributed by atoms with E-state index >= 15 is 0 Å². The maximum absolute atomic E-state index is 11.7. The maximum Gasteiger partial charge on any atom is 0.229 e. The first-order chi connectivity index (χ1) is 12.2. The highest BCUT2D eigenvalue weighted by atomic mass is 16.5. The third-order valence-corrected chi connectivity index (χ3v) is 5.66. The Morgan fingerprint density at radius 1 is 1.24 bits per heavy atom. The van der Waals surface area contributed by atoms with Crippen LogP contribution in [0.3, 0.4) is 0 Å². The summed E-state index contributed by atoms with van der Waals surface area (Å²) in [5, 5.41) is 7.35. The summed E-state index contributed by atoms with van der Waals surface area (Å²) in [6, 6.07) is 3.90. The standard InChI is InChI=1S/C19H22N4O2/c20-18(24)19(5-6-19)17-8-15(22-23-17)14-7-16(25-10-11-1-2-11)13(9-21-14)12-3-4-12/h7-9,11-12H,1-6,10H2,(H2,20,24)(H,22,23). The summed E-state index contributed by atoms with van der Waals surface area (Å²) in [5.41, 5.74) is 8.52. The van der Waals surface area contributed by atoms with Crippen LogP contribution in [-0.2, 0) is 10.2 Å². The molecule has 3 saturated carbocycles. The van der Waals surface area contributed by atoms with Crippen molar-refractivity contribution in [1.29, 1.82) is 0 Å². The van der Waals surface area contributed by atoms with Crippen LogP contribution in [0, 0.1) is 5.92 Å². The Balaban J connectivity index is 1.44. The van der Waals surface area contributed by atoms with E-state index in [1.807, 2.05) is 18.3 Å². The van der Waals surface area contributed by atoms with Gasteiger partial charge in [-0.15, -0.1) is 0 Å². The molecule has 0 bridgehead atoms. The molecule has 3 aliphatic carbocycles. The normalized spacial score (nSPS) is 21.1. The molecular formula is C19H22N4O2. The Kier molecular flexibility index (Phi) is 3.17. The number of nitrogens with zero attached hydrogens (tertiary/aromatic N) is 2. The van der Waals surface area contributed by atoms with Crippen molar-refractivity contribution >= 4 is 5.91 Å². The molecule has 0 saturated heterocycles. The van der Waals surface area contributed by atoms with Crippen molar-refractivity contribution in [3.8, 4) is 17.1 Å². The first kappa shape index (κ1) is 14.9. The topological polar surface area (TPSA) is 93.9 Å². The molecule has 0 atom stereocenters. The number of hydrogen-bond donors (Lipinski definition) is 2. The van der Waals surface area contributed by atoms with Gasteiger partial charge in [0.25, 0.3) is 0 Å². The second-order valence-electron chi connectivity index (χ2n) is 7.75. The van der Waals surface area contributed by atoms with Gasteiger partial charge >= 0.3 is 0 Å². The molecule has 2 heterocycles. The molecule has 5 rings (SSSR count). The third kappa shape index (κ3) is 2.69. The van der Waals surface area contributed by atoms with Crippen molar-refractivity contribution in [1.82, 2.24) is 15.2 Å². The summed E-state index contributed by atoms with van der Waals surface area (Å²) < 4.78 is 6.10. The van der Waals surface area contributed by atoms with Gasteiger partial charge in [0.05, 0.1) is 23.4 Å². The quantitative estimate of drug-likeness (QED) is 0.811. The maximum atomic E-state index is 11.7. The molecule has 0 aromatic carbocycles. The van der Waals surface area contributed by atoms with Gasteiger partial charge in [0.1, 0.15) is 11.4 Å². The number of carbonyl (C=O) groups is 1. The van der Waals surface area contributed by atoms with E-state index in [0.717, 1.165) is 42.3 Å². The van der Waals surface area contributed by atoms with Crippen LogP contribution in [0.15, 0.2) is 18.3 Å². The van der Waals surface area contributed by atoms with Gasteiger partial charge in [-0.05, 0) is 56.4 Å². The molecule has 3 fully saturated rings. The zero-order chi connectivity index (χ0) is 17.0. The van der Waals surface area contributed by atoms with Crippen molar-refractivity contribution in [3.05, 3.63) is 29.6 Å². The second kappa shape index (κ2) is 5.31. The molecule has 0 spiro atoms. The van der Waals surface area contributed by atoms with Crippen LogP contribution in [0.4, 0.5) is 0 Å². The number of rotatable bonds is 7. The lowest BCUT2D eigenvalue weighted by molar-refractivity contribution is -0.120. The van der Waals surface area contributed by atoms with Gasteiger partial charge in [-0.1, -0.05) is 0 Å². The Hall–Kier alpha value is -2.37. The second-order valence-corrected chi connectivity index (χ2v) is 7.75. The number of H-pyrrole nitrogens is 1. The number of nitrogens with two attached hydrogens (primary N) is 1. The lowest BCUT2D eigenvalue weighted by atomic mass is 10.0. The smallest absolute Gasteiger partial charge is 0.229 e. The summed E-state index contributed by atoms with van der Waals surface area (Å²) in [5.74, 6) is 1.97. The molecule has 1 amide bonds. The number of pyridine rings is 1. The highest BCUT2D eigenvalue weighted by Crippen LogP contribution is 2.48. The SMILES string of the molecule is NC(=O)C1(c2cc(-c3cc(OCC4CC4)c(C4CC4)cn3)n[nH]2)CC1. The fraction of sp³-hybridized carbons (Fsp3) is 0.526. The summed E-state index contributed by atoms with van der Waals surface area (Å²) in [6.07, 6.45) is 8.48. The largest absolute Gasteiger partial charge is 0.493 e. The Morgan fingerprint density at radius 2 is 2.04 bits per heavy atom. The monoisotopic (exact) mass is 338 g/mol. The lowest BCUT2D eigenvalue weighted by Crippen LogP contribution is -2.28. The van der Waals surface area contributed by atoms with E-state index in [9.17, 15) is 4.79 Å². The molecule has 0 radical (unpaired) electrons. The number of hydrogen-bond acceptors (Lipinski definition) is 4. The Bertz CT molecular complexity index is 832. The molecule has 6 heteroatoms. The molecule has 130 valence electrons. The summed E-state index contributed by atoms with van der Waals surface area (Å²) in [4.78, 5) is 16.3. The van der Waals surface area contributed by atoms with E-state index in [1.165, 1.54) is 31.2 Å². The van der Waals surface area contributed by atoms with Gasteiger partial charge in [0.2, 0.25) is 5.91 Å². The number of carbonyl (C=O) groups excluding carboxylic acids is 1. The highest BCUT2D eigenvalue weighted by molar-refractivity contribution is 5.89. The predicted molar refractivity (Wildman–Crippen MR) is 92.1 cm³/mol. The molecule has 0 aliphatic heterocycles. The molecule has 25 heavy (non-hydrogen) atoms. The Labute approximate surface area is 146 Å². The van der Waals surface area contributed by atoms with Crippen LogP contribution in [0.25, 0.3) is 11.4 Å². The van der Waals surface area contributed by atoms with Crippen LogP contribution in [0.5, 0.6) is 5.75 Å². The van der Waals surface area contributed by atoms with Gasteiger partial charge in [-0.25, -0.2) is 0 Å². The first-order valence-corrected chi connectivity index (χ1v) is 9.15. The number of primary amides is 1. The molecule has 6 nitrogen and oxygen atoms in total. The minimum Gasteiger partial charge on any atom is -0.493 e. The summed E-state index contributed by atoms with van der Waals surface area (Å²) in [6.45, 7) is 0.791. The van der Waals surface area contributed by atoms with Gasteiger partial charge in [-0.2, -0.15) is 5.10 Å². The fourth-order valence-corrected chi connectivity index (χ4v) is 3.38. The number of aromatic nitrogens is 3. The molecule has 3 N–H and O–H groups in total. The van der Waals surface area contributed by atoms with Crippen molar-refractivity contribution in [2.45, 2.75) is 49.9 Å². The number of nitrogens with one attached hydrogen (secondary N) is 1. The average Bonchev–Trinajstić information content (AvgIpc) is 3.48. The summed E-state index contributed by atoms with van der Waals surface area (Å²) >= 11 is 0. The predicted octanol–water partition coefficient (Wildman–Crippen LogP) is 2.65. The fourth-order valence-electron chi connectivity index (χ4n) is 3.38. The molecule has 2 aromatic heterocycles. The van der Waals surface area contributed by atoms with Crippen LogP contribution >= 0.6 is 0 Å². The van der Waals surface area contributed by atoms with Crippen molar-refractivity contribution in [3.63, 3.8) is 0 Å². The molecular weight excluding hydrogens is 316 g/mol. The van der Waals surface area contributed by atoms with Crippen LogP contribution in [0.2, 0.25) is 0 Å². The summed E-state index contributed by atoms with van der Waals surface area (Å²) in [7, 11) is 0. The van der Waals surface area contributed by atoms with E-state index in [4.69, 9.17) is 10.5 Å². The van der Waals surface area contributed by atoms with Gasteiger partial charge < -0.3 is 10.5 Å². The molecule has 2 aromatic rings. The van der Waals surface area contributed by atoms with E-state index in [-0.39, 0.29) is 5.91 Å². The first-order valence-electron chi connectivity index (χ1n) is 9.15. The van der Waals surface area contributed by atoms with Gasteiger partial charge in [-0.3, -0.25) is 14.9 Å². The molecule has 3 aliphatic rings. The van der Waals surface area contributed by atoms with Gasteiger partial charge in [0.15, 0.2) is 0 Å². The van der Waals surface area contributed by atoms with Crippen LogP contribution < -0.4 is 10.5 Å². The molecule has 0 unspecified atom stereocenters. The van der Waals surface area contributed by atoms with Crippen LogP contribution in [0.1, 0.15) is 55.7 Å². The average molecular weight is 338 g/mol. The zero-order valence-electron chi connectivity index (χ0n) is 14.1. The Morgan fingerprint density at radius 3 is 2.68 bits per heavy atom. The lowest BCUT2D eigenvalue weighted by Gasteiger charge is -2.11. The highest BCUT2D eigenvalue weighted by Gasteiger charge is 2.51. The number of aromatic amines is 1. The van der Waals surface area contributed by atoms with E-state index < -0.39 is 5.41 Å². The number of ether oxygens (including phenoxy) is 1. The zero-order valence-corrected chi connectivity index (χ0v) is 14.1. The van der Waals surface area contributed by atoms with E-state index in [2.05, 4.69) is 15.2 Å². The minimum atomic E-state index is -0.551. The van der Waals surface area contributed by atoms with Crippen molar-refractivity contribution in [2.75, 3.05) is 6.61 Å².